The van der Waals surface area contributed by atoms with Gasteiger partial charge in [0.25, 0.3) is 11.6 Å². The number of carbonyl (C=O) groups excluding carboxylic acids is 1. The van der Waals surface area contributed by atoms with E-state index >= 15 is 0 Å². The van der Waals surface area contributed by atoms with E-state index in [4.69, 9.17) is 14.9 Å². The monoisotopic (exact) mass is 345 g/mol. The van der Waals surface area contributed by atoms with Crippen LogP contribution in [-0.2, 0) is 4.79 Å². The zero-order chi connectivity index (χ0) is 17.3. The Labute approximate surface area is 140 Å². The van der Waals surface area contributed by atoms with Crippen molar-refractivity contribution in [1.29, 1.82) is 0 Å². The smallest absolute Gasteiger partial charge is 0.286 e. The number of nitro groups is 1. The predicted molar refractivity (Wildman–Crippen MR) is 89.5 cm³/mol. The number of rotatable bonds is 4. The third-order valence-corrected chi connectivity index (χ3v) is 4.02. The molecule has 1 aromatic heterocycles. The van der Waals surface area contributed by atoms with Crippen LogP contribution in [0.4, 0.5) is 5.69 Å². The van der Waals surface area contributed by atoms with Crippen LogP contribution in [0.1, 0.15) is 5.76 Å². The van der Waals surface area contributed by atoms with Gasteiger partial charge in [0.15, 0.2) is 5.17 Å². The molecule has 0 spiro atoms. The van der Waals surface area contributed by atoms with Crippen LogP contribution in [0.15, 0.2) is 44.6 Å². The zero-order valence-corrected chi connectivity index (χ0v) is 13.2. The average Bonchev–Trinajstić information content (AvgIpc) is 3.13. The average molecular weight is 345 g/mol. The molecule has 1 aliphatic heterocycles. The van der Waals surface area contributed by atoms with Crippen LogP contribution >= 0.6 is 11.8 Å². The number of aliphatic imine (C=N–C) groups is 1. The highest BCUT2D eigenvalue weighted by Gasteiger charge is 2.22. The number of nitrogens with zero attached hydrogens (tertiary/aromatic N) is 2. The van der Waals surface area contributed by atoms with Crippen molar-refractivity contribution in [2.75, 3.05) is 7.11 Å². The van der Waals surface area contributed by atoms with E-state index in [0.717, 1.165) is 11.8 Å². The molecule has 0 saturated heterocycles. The van der Waals surface area contributed by atoms with Gasteiger partial charge >= 0.3 is 0 Å². The number of hydrogen-bond donors (Lipinski definition) is 1. The van der Waals surface area contributed by atoms with Gasteiger partial charge < -0.3 is 14.9 Å². The normalized spacial score (nSPS) is 15.6. The summed E-state index contributed by atoms with van der Waals surface area (Å²) in [7, 11) is 1.43. The van der Waals surface area contributed by atoms with Gasteiger partial charge in [-0.3, -0.25) is 14.9 Å². The molecule has 1 aliphatic rings. The predicted octanol–water partition coefficient (Wildman–Crippen LogP) is 2.79. The van der Waals surface area contributed by atoms with Gasteiger partial charge in [0.1, 0.15) is 17.3 Å². The lowest BCUT2D eigenvalue weighted by Gasteiger charge is -2.03. The highest BCUT2D eigenvalue weighted by molar-refractivity contribution is 8.18. The molecule has 9 heteroatoms. The van der Waals surface area contributed by atoms with Crippen molar-refractivity contribution >= 4 is 34.6 Å². The van der Waals surface area contributed by atoms with Crippen molar-refractivity contribution in [1.82, 2.24) is 0 Å². The zero-order valence-electron chi connectivity index (χ0n) is 12.4. The quantitative estimate of drug-likeness (QED) is 0.513. The SMILES string of the molecule is COc1ccc(-c2ccc(/C=C3/SC(N)=NC3=O)o2)c([N+](=O)[O-])c1. The Hall–Kier alpha value is -3.07. The van der Waals surface area contributed by atoms with Crippen LogP contribution < -0.4 is 10.5 Å². The molecule has 1 amide bonds. The minimum atomic E-state index is -0.511. The van der Waals surface area contributed by atoms with Crippen LogP contribution in [0.25, 0.3) is 17.4 Å². The fraction of sp³-hybridized carbons (Fsp3) is 0.0667. The highest BCUT2D eigenvalue weighted by Crippen LogP contribution is 2.35. The Kier molecular flexibility index (Phi) is 4.09. The lowest BCUT2D eigenvalue weighted by molar-refractivity contribution is -0.384. The minimum Gasteiger partial charge on any atom is -0.497 e. The molecule has 2 heterocycles. The summed E-state index contributed by atoms with van der Waals surface area (Å²) in [6, 6.07) is 7.67. The van der Waals surface area contributed by atoms with Crippen molar-refractivity contribution < 1.29 is 18.9 Å². The van der Waals surface area contributed by atoms with Crippen LogP contribution in [-0.4, -0.2) is 23.1 Å². The highest BCUT2D eigenvalue weighted by atomic mass is 32.2. The molecule has 0 fully saturated rings. The maximum Gasteiger partial charge on any atom is 0.286 e. The number of nitrogens with two attached hydrogens (primary N) is 1. The topological polar surface area (TPSA) is 121 Å². The maximum absolute atomic E-state index is 11.6. The van der Waals surface area contributed by atoms with Crippen LogP contribution in [0, 0.1) is 10.1 Å². The van der Waals surface area contributed by atoms with Crippen molar-refractivity contribution in [3.63, 3.8) is 0 Å². The van der Waals surface area contributed by atoms with Gasteiger partial charge in [-0.25, -0.2) is 0 Å². The van der Waals surface area contributed by atoms with Gasteiger partial charge in [0.05, 0.1) is 28.6 Å². The summed E-state index contributed by atoms with van der Waals surface area (Å²) in [5, 5.41) is 11.4. The van der Waals surface area contributed by atoms with E-state index in [9.17, 15) is 14.9 Å². The first-order valence-corrected chi connectivity index (χ1v) is 7.50. The fourth-order valence-electron chi connectivity index (χ4n) is 2.13. The van der Waals surface area contributed by atoms with Gasteiger partial charge in [-0.2, -0.15) is 4.99 Å². The van der Waals surface area contributed by atoms with Crippen LogP contribution in [0.2, 0.25) is 0 Å². The Morgan fingerprint density at radius 1 is 1.38 bits per heavy atom. The Morgan fingerprint density at radius 3 is 2.79 bits per heavy atom. The van der Waals surface area contributed by atoms with Crippen molar-refractivity contribution in [2.45, 2.75) is 0 Å². The van der Waals surface area contributed by atoms with Gasteiger partial charge in [0, 0.05) is 6.08 Å². The van der Waals surface area contributed by atoms with E-state index in [1.54, 1.807) is 24.3 Å². The number of methoxy groups -OCH3 is 1. The molecule has 122 valence electrons. The number of ether oxygens (including phenoxy) is 1. The summed E-state index contributed by atoms with van der Waals surface area (Å²) in [5.74, 6) is 0.613. The van der Waals surface area contributed by atoms with E-state index in [1.165, 1.54) is 19.3 Å². The number of benzene rings is 1. The number of nitro benzene ring substituents is 1. The Balaban J connectivity index is 1.96. The van der Waals surface area contributed by atoms with Gasteiger partial charge in [-0.1, -0.05) is 0 Å². The number of amides is 1. The van der Waals surface area contributed by atoms with Gasteiger partial charge in [-0.15, -0.1) is 0 Å². The van der Waals surface area contributed by atoms with Crippen LogP contribution in [0.5, 0.6) is 5.75 Å². The molecular formula is C15H11N3O5S. The van der Waals surface area contributed by atoms with Crippen LogP contribution in [0.3, 0.4) is 0 Å². The lowest BCUT2D eigenvalue weighted by atomic mass is 10.1. The third-order valence-electron chi connectivity index (χ3n) is 3.20. The van der Waals surface area contributed by atoms with Crippen molar-refractivity contribution in [2.24, 2.45) is 10.7 Å². The third kappa shape index (κ3) is 3.01. The van der Waals surface area contributed by atoms with Gasteiger partial charge in [0.2, 0.25) is 0 Å². The lowest BCUT2D eigenvalue weighted by Crippen LogP contribution is -2.01. The molecular weight excluding hydrogens is 334 g/mol. The number of amidine groups is 1. The second-order valence-corrected chi connectivity index (χ2v) is 5.77. The van der Waals surface area contributed by atoms with E-state index in [2.05, 4.69) is 4.99 Å². The van der Waals surface area contributed by atoms with Crippen molar-refractivity contribution in [3.05, 3.63) is 51.1 Å². The molecule has 3 rings (SSSR count). The summed E-state index contributed by atoms with van der Waals surface area (Å²) < 4.78 is 10.6. The molecule has 2 aromatic rings. The molecule has 8 nitrogen and oxygen atoms in total. The molecule has 1 aromatic carbocycles. The molecule has 0 unspecified atom stereocenters. The molecule has 0 aliphatic carbocycles. The molecule has 0 saturated carbocycles. The summed E-state index contributed by atoms with van der Waals surface area (Å²) in [5.41, 5.74) is 5.65. The molecule has 2 N–H and O–H groups in total. The second-order valence-electron chi connectivity index (χ2n) is 4.71. The maximum atomic E-state index is 11.6. The number of carbonyl (C=O) groups is 1. The fourth-order valence-corrected chi connectivity index (χ4v) is 2.79. The van der Waals surface area contributed by atoms with E-state index in [0.29, 0.717) is 27.7 Å². The first-order valence-electron chi connectivity index (χ1n) is 6.68. The van der Waals surface area contributed by atoms with E-state index in [1.807, 2.05) is 0 Å². The molecule has 0 radical (unpaired) electrons. The molecule has 0 atom stereocenters. The number of hydrogen-bond acceptors (Lipinski definition) is 7. The first-order chi connectivity index (χ1) is 11.5. The van der Waals surface area contributed by atoms with E-state index in [-0.39, 0.29) is 10.9 Å². The molecule has 0 bridgehead atoms. The standard InChI is InChI=1S/C15H11N3O5S/c1-22-8-2-4-10(11(6-8)18(20)21)12-5-3-9(23-12)7-13-14(19)17-15(16)24-13/h2-7H,1H3,(H2,16,17,19)/b13-7+. The number of furan rings is 1. The summed E-state index contributed by atoms with van der Waals surface area (Å²) in [6.07, 6.45) is 1.50. The first kappa shape index (κ1) is 15.8. The summed E-state index contributed by atoms with van der Waals surface area (Å²) in [6.45, 7) is 0. The van der Waals surface area contributed by atoms with Gasteiger partial charge in [-0.05, 0) is 36.0 Å². The minimum absolute atomic E-state index is 0.137. The van der Waals surface area contributed by atoms with Crippen molar-refractivity contribution in [3.8, 4) is 17.1 Å². The summed E-state index contributed by atoms with van der Waals surface area (Å²) in [4.78, 5) is 26.2. The van der Waals surface area contributed by atoms with E-state index < -0.39 is 10.8 Å². The molecule has 24 heavy (non-hydrogen) atoms. The Morgan fingerprint density at radius 2 is 2.17 bits per heavy atom. The summed E-state index contributed by atoms with van der Waals surface area (Å²) >= 11 is 1.04. The Bertz CT molecular complexity index is 900. The second kappa shape index (κ2) is 6.20. The largest absolute Gasteiger partial charge is 0.497 e. The number of thioether (sulfide) groups is 1.